The summed E-state index contributed by atoms with van der Waals surface area (Å²) in [6.45, 7) is 1.23. The normalized spacial score (nSPS) is 30.5. The standard InChI is InChI=1S/C28H35FN4O7/c1-31(2)21-13(10-33-6-5-14(29)11-33)9-17(34)19-15(21)7-12-8-16-22(32(3)4)24(36)20(27(30)39)26(38)28(16,40)25(37)18(12)23(19)35/h9,12,14,16,22,34-35,38,40H,5-8,10-11H2,1-4H3,(H2,30,39)/t12-,14-,16-,22-,28-/m0/s1. The van der Waals surface area contributed by atoms with Gasteiger partial charge in [0, 0.05) is 50.9 Å². The number of anilines is 1. The minimum absolute atomic E-state index is 0.0132. The number of Topliss-reactive ketones (excluding diaryl/α,β-unsaturated/α-hetero) is 2. The average molecular weight is 559 g/mol. The summed E-state index contributed by atoms with van der Waals surface area (Å²) in [5.74, 6) is -6.86. The van der Waals surface area contributed by atoms with E-state index in [1.165, 1.54) is 11.0 Å². The smallest absolute Gasteiger partial charge is 0.255 e. The van der Waals surface area contributed by atoms with E-state index in [1.807, 2.05) is 23.9 Å². The SMILES string of the molecule is CN(C)c1c(CN2CC[C@H](F)C2)cc(O)c2c1C[C@H]1C[C@H]3[C@H](N(C)C)C(=O)C(C(N)=O)=C(O)[C@@]3(O)C(=O)C1=C2O. The number of phenolic OH excluding ortho intramolecular Hbond substituents is 1. The van der Waals surface area contributed by atoms with E-state index in [0.717, 1.165) is 11.3 Å². The Morgan fingerprint density at radius 1 is 1.20 bits per heavy atom. The summed E-state index contributed by atoms with van der Waals surface area (Å²) < 4.78 is 13.9. The number of hydrogen-bond donors (Lipinski definition) is 5. The van der Waals surface area contributed by atoms with E-state index in [4.69, 9.17) is 5.73 Å². The molecule has 12 heteroatoms. The fourth-order valence-electron chi connectivity index (χ4n) is 7.22. The minimum atomic E-state index is -2.68. The Bertz CT molecular complexity index is 1390. The molecule has 0 aromatic heterocycles. The summed E-state index contributed by atoms with van der Waals surface area (Å²) >= 11 is 0. The van der Waals surface area contributed by atoms with Gasteiger partial charge < -0.3 is 31.1 Å². The molecular formula is C28H35FN4O7. The van der Waals surface area contributed by atoms with Crippen LogP contribution in [0.4, 0.5) is 10.1 Å². The van der Waals surface area contributed by atoms with Crippen LogP contribution in [0.2, 0.25) is 0 Å². The molecule has 1 heterocycles. The van der Waals surface area contributed by atoms with Gasteiger partial charge in [-0.25, -0.2) is 4.39 Å². The van der Waals surface area contributed by atoms with Crippen LogP contribution in [-0.2, 0) is 27.3 Å². The fraction of sp³-hybridized carbons (Fsp3) is 0.536. The summed E-state index contributed by atoms with van der Waals surface area (Å²) in [5.41, 5.74) is 3.72. The molecule has 1 aliphatic heterocycles. The van der Waals surface area contributed by atoms with Gasteiger partial charge in [-0.15, -0.1) is 0 Å². The monoisotopic (exact) mass is 558 g/mol. The largest absolute Gasteiger partial charge is 0.508 e. The van der Waals surface area contributed by atoms with Crippen LogP contribution < -0.4 is 10.6 Å². The van der Waals surface area contributed by atoms with E-state index < -0.39 is 64.2 Å². The van der Waals surface area contributed by atoms with Crippen LogP contribution >= 0.6 is 0 Å². The number of benzene rings is 1. The number of likely N-dealkylation sites (tertiary alicyclic amines) is 1. The van der Waals surface area contributed by atoms with E-state index in [0.29, 0.717) is 25.1 Å². The van der Waals surface area contributed by atoms with Crippen LogP contribution in [0.5, 0.6) is 5.75 Å². The number of aliphatic hydroxyl groups excluding tert-OH is 2. The highest BCUT2D eigenvalue weighted by molar-refractivity contribution is 6.24. The van der Waals surface area contributed by atoms with Crippen molar-refractivity contribution in [3.05, 3.63) is 39.7 Å². The first-order valence-corrected chi connectivity index (χ1v) is 13.3. The van der Waals surface area contributed by atoms with Crippen LogP contribution in [0.1, 0.15) is 29.5 Å². The van der Waals surface area contributed by atoms with E-state index >= 15 is 0 Å². The number of nitrogens with zero attached hydrogens (tertiary/aromatic N) is 3. The highest BCUT2D eigenvalue weighted by Crippen LogP contribution is 2.54. The number of fused-ring (bicyclic) bond motifs is 3. The molecule has 0 bridgehead atoms. The molecule has 1 amide bonds. The minimum Gasteiger partial charge on any atom is -0.508 e. The molecular weight excluding hydrogens is 523 g/mol. The highest BCUT2D eigenvalue weighted by atomic mass is 19.1. The van der Waals surface area contributed by atoms with Crippen molar-refractivity contribution >= 4 is 28.9 Å². The fourth-order valence-corrected chi connectivity index (χ4v) is 7.22. The molecule has 5 atom stereocenters. The quantitative estimate of drug-likeness (QED) is 0.322. The maximum Gasteiger partial charge on any atom is 0.255 e. The molecule has 0 unspecified atom stereocenters. The number of carbonyl (C=O) groups excluding carboxylic acids is 3. The molecule has 4 aliphatic rings. The Morgan fingerprint density at radius 3 is 2.42 bits per heavy atom. The highest BCUT2D eigenvalue weighted by Gasteiger charge is 2.64. The molecule has 1 aromatic carbocycles. The Morgan fingerprint density at radius 2 is 1.88 bits per heavy atom. The lowest BCUT2D eigenvalue weighted by molar-refractivity contribution is -0.153. The van der Waals surface area contributed by atoms with Crippen molar-refractivity contribution in [3.8, 4) is 5.75 Å². The van der Waals surface area contributed by atoms with Crippen LogP contribution in [0.3, 0.4) is 0 Å². The maximum atomic E-state index is 14.0. The molecule has 3 aliphatic carbocycles. The molecule has 0 spiro atoms. The second kappa shape index (κ2) is 9.57. The molecule has 0 radical (unpaired) electrons. The van der Waals surface area contributed by atoms with Crippen LogP contribution in [0.15, 0.2) is 23.0 Å². The van der Waals surface area contributed by atoms with Crippen molar-refractivity contribution in [3.63, 3.8) is 0 Å². The number of hydrogen-bond acceptors (Lipinski definition) is 10. The van der Waals surface area contributed by atoms with Gasteiger partial charge in [0.25, 0.3) is 5.91 Å². The molecule has 6 N–H and O–H groups in total. The number of nitrogens with two attached hydrogens (primary N) is 1. The number of rotatable bonds is 5. The molecule has 1 aromatic rings. The third-order valence-electron chi connectivity index (χ3n) is 8.83. The lowest BCUT2D eigenvalue weighted by Gasteiger charge is -2.50. The van der Waals surface area contributed by atoms with Crippen molar-refractivity contribution < 1.29 is 39.2 Å². The molecule has 216 valence electrons. The van der Waals surface area contributed by atoms with Crippen molar-refractivity contribution in [2.24, 2.45) is 17.6 Å². The number of alkyl halides is 1. The number of likely N-dealkylation sites (N-methyl/N-ethyl adjacent to an activating group) is 1. The lowest BCUT2D eigenvalue weighted by Crippen LogP contribution is -2.65. The van der Waals surface area contributed by atoms with Gasteiger partial charge in [0.1, 0.15) is 29.0 Å². The number of amides is 1. The van der Waals surface area contributed by atoms with Crippen molar-refractivity contribution in [1.82, 2.24) is 9.80 Å². The molecule has 40 heavy (non-hydrogen) atoms. The first-order valence-electron chi connectivity index (χ1n) is 13.3. The van der Waals surface area contributed by atoms with Crippen LogP contribution in [0, 0.1) is 11.8 Å². The Hall–Kier alpha value is -3.48. The van der Waals surface area contributed by atoms with E-state index in [9.17, 15) is 39.2 Å². The number of primary amides is 1. The number of aromatic hydroxyl groups is 1. The van der Waals surface area contributed by atoms with Crippen molar-refractivity contribution in [2.75, 3.05) is 46.2 Å². The van der Waals surface area contributed by atoms with Crippen molar-refractivity contribution in [1.29, 1.82) is 0 Å². The Kier molecular flexibility index (Phi) is 6.71. The Balaban J connectivity index is 1.68. The van der Waals surface area contributed by atoms with E-state index in [1.54, 1.807) is 14.1 Å². The molecule has 1 saturated carbocycles. The number of carbonyl (C=O) groups is 3. The summed E-state index contributed by atoms with van der Waals surface area (Å²) in [6.07, 6.45) is -0.284. The van der Waals surface area contributed by atoms with E-state index in [2.05, 4.69) is 0 Å². The summed E-state index contributed by atoms with van der Waals surface area (Å²) in [6, 6.07) is 0.347. The van der Waals surface area contributed by atoms with Gasteiger partial charge in [-0.2, -0.15) is 0 Å². The van der Waals surface area contributed by atoms with Gasteiger partial charge in [-0.1, -0.05) is 0 Å². The third-order valence-corrected chi connectivity index (χ3v) is 8.83. The van der Waals surface area contributed by atoms with Crippen molar-refractivity contribution in [2.45, 2.75) is 43.6 Å². The molecule has 2 fully saturated rings. The summed E-state index contributed by atoms with van der Waals surface area (Å²) in [7, 11) is 6.74. The van der Waals surface area contributed by atoms with E-state index in [-0.39, 0.29) is 36.3 Å². The first kappa shape index (κ1) is 28.1. The zero-order valence-electron chi connectivity index (χ0n) is 22.9. The molecule has 1 saturated heterocycles. The summed E-state index contributed by atoms with van der Waals surface area (Å²) in [4.78, 5) is 44.6. The average Bonchev–Trinajstić information content (AvgIpc) is 3.24. The first-order chi connectivity index (χ1) is 18.7. The number of phenols is 1. The predicted octanol–water partition coefficient (Wildman–Crippen LogP) is 0.574. The Labute approximate surface area is 231 Å². The number of ketones is 2. The molecule has 11 nitrogen and oxygen atoms in total. The van der Waals surface area contributed by atoms with Gasteiger partial charge in [0.05, 0.1) is 11.6 Å². The summed E-state index contributed by atoms with van der Waals surface area (Å²) in [5, 5.41) is 45.2. The van der Waals surface area contributed by atoms with Gasteiger partial charge in [-0.3, -0.25) is 24.2 Å². The second-order valence-electron chi connectivity index (χ2n) is 11.7. The zero-order valence-corrected chi connectivity index (χ0v) is 22.9. The van der Waals surface area contributed by atoms with Crippen LogP contribution in [-0.4, -0.2) is 107 Å². The van der Waals surface area contributed by atoms with Gasteiger partial charge in [0.15, 0.2) is 11.4 Å². The maximum absolute atomic E-state index is 14.0. The lowest BCUT2D eigenvalue weighted by atomic mass is 9.57. The van der Waals surface area contributed by atoms with Gasteiger partial charge >= 0.3 is 0 Å². The number of halogens is 1. The van der Waals surface area contributed by atoms with Crippen LogP contribution in [0.25, 0.3) is 5.76 Å². The number of aliphatic hydroxyl groups is 3. The second-order valence-corrected chi connectivity index (χ2v) is 11.7. The van der Waals surface area contributed by atoms with Gasteiger partial charge in [-0.05, 0) is 56.5 Å². The molecule has 5 rings (SSSR count). The zero-order chi connectivity index (χ0) is 29.4. The predicted molar refractivity (Wildman–Crippen MR) is 143 cm³/mol. The third kappa shape index (κ3) is 3.92. The topological polar surface area (TPSA) is 168 Å². The van der Waals surface area contributed by atoms with Gasteiger partial charge in [0.2, 0.25) is 5.78 Å².